The first-order valence-corrected chi connectivity index (χ1v) is 5.49. The Hall–Kier alpha value is -1.58. The summed E-state index contributed by atoms with van der Waals surface area (Å²) >= 11 is 0. The third-order valence-electron chi connectivity index (χ3n) is 2.47. The molecule has 0 saturated heterocycles. The van der Waals surface area contributed by atoms with Crippen molar-refractivity contribution in [2.75, 3.05) is 0 Å². The lowest BCUT2D eigenvalue weighted by molar-refractivity contribution is 0.0995. The molecule has 1 amide bonds. The van der Waals surface area contributed by atoms with Gasteiger partial charge in [-0.1, -0.05) is 19.8 Å². The highest BCUT2D eigenvalue weighted by molar-refractivity contribution is 5.93. The molecule has 1 aromatic rings. The van der Waals surface area contributed by atoms with Gasteiger partial charge in [-0.3, -0.25) is 4.79 Å². The second kappa shape index (κ2) is 5.49. The van der Waals surface area contributed by atoms with Crippen LogP contribution in [0.5, 0.6) is 0 Å². The van der Waals surface area contributed by atoms with Crippen molar-refractivity contribution in [3.8, 4) is 0 Å². The number of rotatable bonds is 5. The maximum Gasteiger partial charge on any atom is 0.349 e. The molecule has 0 aliphatic rings. The average molecular weight is 223 g/mol. The van der Waals surface area contributed by atoms with Crippen LogP contribution >= 0.6 is 0 Å². The molecule has 0 atom stereocenters. The Morgan fingerprint density at radius 3 is 2.62 bits per heavy atom. The summed E-state index contributed by atoms with van der Waals surface area (Å²) in [7, 11) is 0. The van der Waals surface area contributed by atoms with Crippen molar-refractivity contribution >= 4 is 5.91 Å². The largest absolute Gasteiger partial charge is 0.427 e. The van der Waals surface area contributed by atoms with E-state index in [4.69, 9.17) is 10.2 Å². The summed E-state index contributed by atoms with van der Waals surface area (Å²) in [6.45, 7) is 3.80. The molecule has 0 saturated carbocycles. The van der Waals surface area contributed by atoms with E-state index in [1.165, 1.54) is 0 Å². The number of aryl methyl sites for hydroxylation is 2. The van der Waals surface area contributed by atoms with Gasteiger partial charge in [-0.25, -0.2) is 4.79 Å². The van der Waals surface area contributed by atoms with Gasteiger partial charge in [0.15, 0.2) is 0 Å². The molecule has 0 fully saturated rings. The van der Waals surface area contributed by atoms with Crippen LogP contribution in [0.15, 0.2) is 15.3 Å². The molecule has 0 aliphatic heterocycles. The van der Waals surface area contributed by atoms with Gasteiger partial charge in [-0.15, -0.1) is 0 Å². The van der Waals surface area contributed by atoms with Gasteiger partial charge >= 0.3 is 5.63 Å². The molecule has 0 aliphatic carbocycles. The van der Waals surface area contributed by atoms with E-state index in [9.17, 15) is 9.59 Å². The summed E-state index contributed by atoms with van der Waals surface area (Å²) in [5.41, 5.74) is 5.01. The molecule has 16 heavy (non-hydrogen) atoms. The topological polar surface area (TPSA) is 73.3 Å². The minimum Gasteiger partial charge on any atom is -0.427 e. The molecule has 0 bridgehead atoms. The van der Waals surface area contributed by atoms with E-state index in [0.717, 1.165) is 25.7 Å². The lowest BCUT2D eigenvalue weighted by Gasteiger charge is -2.03. The van der Waals surface area contributed by atoms with Crippen molar-refractivity contribution in [3.05, 3.63) is 33.4 Å². The van der Waals surface area contributed by atoms with Crippen LogP contribution in [0.25, 0.3) is 0 Å². The zero-order valence-corrected chi connectivity index (χ0v) is 9.71. The zero-order valence-electron chi connectivity index (χ0n) is 9.71. The molecule has 4 nitrogen and oxygen atoms in total. The molecule has 0 radical (unpaired) electrons. The van der Waals surface area contributed by atoms with Gasteiger partial charge < -0.3 is 10.2 Å². The first-order valence-electron chi connectivity index (χ1n) is 5.49. The van der Waals surface area contributed by atoms with E-state index in [0.29, 0.717) is 11.3 Å². The van der Waals surface area contributed by atoms with Crippen LogP contribution in [-0.4, -0.2) is 5.91 Å². The van der Waals surface area contributed by atoms with Crippen molar-refractivity contribution in [1.29, 1.82) is 0 Å². The molecule has 4 heteroatoms. The number of amides is 1. The maximum absolute atomic E-state index is 11.5. The normalized spacial score (nSPS) is 10.4. The van der Waals surface area contributed by atoms with Crippen molar-refractivity contribution in [2.24, 2.45) is 5.73 Å². The third-order valence-corrected chi connectivity index (χ3v) is 2.47. The van der Waals surface area contributed by atoms with Crippen molar-refractivity contribution in [3.63, 3.8) is 0 Å². The maximum atomic E-state index is 11.5. The number of nitrogens with two attached hydrogens (primary N) is 1. The highest BCUT2D eigenvalue weighted by Crippen LogP contribution is 2.09. The van der Waals surface area contributed by atoms with E-state index in [2.05, 4.69) is 6.92 Å². The predicted molar refractivity (Wildman–Crippen MR) is 61.5 cm³/mol. The van der Waals surface area contributed by atoms with Crippen molar-refractivity contribution in [2.45, 2.75) is 39.5 Å². The summed E-state index contributed by atoms with van der Waals surface area (Å²) < 4.78 is 5.04. The van der Waals surface area contributed by atoms with E-state index >= 15 is 0 Å². The van der Waals surface area contributed by atoms with Crippen LogP contribution in [0.2, 0.25) is 0 Å². The summed E-state index contributed by atoms with van der Waals surface area (Å²) in [6.07, 6.45) is 3.92. The van der Waals surface area contributed by atoms with Crippen molar-refractivity contribution < 1.29 is 9.21 Å². The lowest BCUT2D eigenvalue weighted by Crippen LogP contribution is -2.23. The lowest BCUT2D eigenvalue weighted by atomic mass is 10.1. The van der Waals surface area contributed by atoms with Gasteiger partial charge in [-0.05, 0) is 25.0 Å². The Balaban J connectivity index is 2.92. The average Bonchev–Trinajstić information content (AvgIpc) is 2.16. The van der Waals surface area contributed by atoms with Gasteiger partial charge in [0.2, 0.25) is 0 Å². The van der Waals surface area contributed by atoms with E-state index in [-0.39, 0.29) is 5.56 Å². The number of hydrogen-bond donors (Lipinski definition) is 1. The smallest absolute Gasteiger partial charge is 0.349 e. The Bertz CT molecular complexity index is 434. The molecule has 1 rings (SSSR count). The Labute approximate surface area is 94.5 Å². The van der Waals surface area contributed by atoms with Crippen LogP contribution in [-0.2, 0) is 6.42 Å². The van der Waals surface area contributed by atoms with E-state index < -0.39 is 11.5 Å². The van der Waals surface area contributed by atoms with Crippen molar-refractivity contribution in [1.82, 2.24) is 0 Å². The van der Waals surface area contributed by atoms with Gasteiger partial charge in [-0.2, -0.15) is 0 Å². The van der Waals surface area contributed by atoms with Crippen LogP contribution in [0.1, 0.15) is 47.9 Å². The van der Waals surface area contributed by atoms with Gasteiger partial charge in [0.05, 0.1) is 0 Å². The highest BCUT2D eigenvalue weighted by Gasteiger charge is 2.13. The number of hydrogen-bond acceptors (Lipinski definition) is 3. The van der Waals surface area contributed by atoms with E-state index in [1.807, 2.05) is 0 Å². The first-order chi connectivity index (χ1) is 7.56. The van der Waals surface area contributed by atoms with Crippen LogP contribution in [0.3, 0.4) is 0 Å². The number of unbranched alkanes of at least 4 members (excludes halogenated alkanes) is 2. The van der Waals surface area contributed by atoms with E-state index in [1.54, 1.807) is 13.0 Å². The SMILES string of the molecule is CCCCCc1cc(C)c(C(N)=O)c(=O)o1. The Morgan fingerprint density at radius 1 is 1.44 bits per heavy atom. The number of primary amides is 1. The fourth-order valence-corrected chi connectivity index (χ4v) is 1.64. The molecule has 0 spiro atoms. The molecular weight excluding hydrogens is 206 g/mol. The minimum absolute atomic E-state index is 0.0424. The standard InChI is InChI=1S/C12H17NO3/c1-3-4-5-6-9-7-8(2)10(11(13)14)12(15)16-9/h7H,3-6H2,1-2H3,(H2,13,14). The predicted octanol–water partition coefficient (Wildman–Crippen LogP) is 1.78. The van der Waals surface area contributed by atoms with Gasteiger partial charge in [0, 0.05) is 6.42 Å². The summed E-state index contributed by atoms with van der Waals surface area (Å²) in [6, 6.07) is 1.72. The van der Waals surface area contributed by atoms with Crippen LogP contribution < -0.4 is 11.4 Å². The third kappa shape index (κ3) is 2.95. The van der Waals surface area contributed by atoms with Crippen LogP contribution in [0, 0.1) is 6.92 Å². The molecule has 0 unspecified atom stereocenters. The molecule has 1 aromatic heterocycles. The van der Waals surface area contributed by atoms with Gasteiger partial charge in [0.25, 0.3) is 5.91 Å². The molecule has 88 valence electrons. The van der Waals surface area contributed by atoms with Crippen LogP contribution in [0.4, 0.5) is 0 Å². The second-order valence-electron chi connectivity index (χ2n) is 3.88. The highest BCUT2D eigenvalue weighted by atomic mass is 16.4. The number of carbonyl (C=O) groups is 1. The Morgan fingerprint density at radius 2 is 2.12 bits per heavy atom. The summed E-state index contributed by atoms with van der Waals surface area (Å²) in [4.78, 5) is 22.4. The molecule has 2 N–H and O–H groups in total. The quantitative estimate of drug-likeness (QED) is 0.773. The zero-order chi connectivity index (χ0) is 12.1. The monoisotopic (exact) mass is 223 g/mol. The van der Waals surface area contributed by atoms with Gasteiger partial charge in [0.1, 0.15) is 11.3 Å². The fourth-order valence-electron chi connectivity index (χ4n) is 1.64. The minimum atomic E-state index is -0.730. The molecule has 1 heterocycles. The first kappa shape index (κ1) is 12.5. The summed E-state index contributed by atoms with van der Waals surface area (Å²) in [5, 5.41) is 0. The Kier molecular flexibility index (Phi) is 4.28. The molecular formula is C12H17NO3. The summed E-state index contributed by atoms with van der Waals surface area (Å²) in [5.74, 6) is -0.104. The molecule has 0 aromatic carbocycles. The number of carbonyl (C=O) groups excluding carboxylic acids is 1. The fraction of sp³-hybridized carbons (Fsp3) is 0.500. The second-order valence-corrected chi connectivity index (χ2v) is 3.88.